The van der Waals surface area contributed by atoms with Crippen molar-refractivity contribution >= 4 is 0 Å². The van der Waals surface area contributed by atoms with Crippen LogP contribution in [0, 0.1) is 11.8 Å². The van der Waals surface area contributed by atoms with Crippen LogP contribution in [0.25, 0.3) is 0 Å². The zero-order chi connectivity index (χ0) is 8.27. The quantitative estimate of drug-likeness (QED) is 0.641. The Bertz CT molecular complexity index is 106. The number of nitrogens with one attached hydrogen (secondary N) is 2. The maximum atomic E-state index is 7.89. The normalized spacial score (nSPS) is 24.0. The Morgan fingerprint density at radius 3 is 2.27 bits per heavy atom. The van der Waals surface area contributed by atoms with Gasteiger partial charge in [0.05, 0.1) is 0 Å². The molecule has 0 aromatic carbocycles. The van der Waals surface area contributed by atoms with Gasteiger partial charge in [0.2, 0.25) is 0 Å². The fourth-order valence-corrected chi connectivity index (χ4v) is 1.75. The molecule has 2 N–H and O–H groups in total. The van der Waals surface area contributed by atoms with Crippen molar-refractivity contribution in [3.8, 4) is 0 Å². The van der Waals surface area contributed by atoms with Crippen LogP contribution in [0.1, 0.15) is 26.7 Å². The Kier molecular flexibility index (Phi) is 3.34. The molecule has 2 heteroatoms. The highest BCUT2D eigenvalue weighted by atomic mass is 14.9. The number of hydrogen-bond donors (Lipinski definition) is 1. The lowest BCUT2D eigenvalue weighted by atomic mass is 9.85. The van der Waals surface area contributed by atoms with Gasteiger partial charge in [0.1, 0.15) is 0 Å². The minimum Gasteiger partial charge on any atom is -0.317 e. The first-order chi connectivity index (χ1) is 5.22. The van der Waals surface area contributed by atoms with Gasteiger partial charge in [-0.2, -0.15) is 0 Å². The third-order valence-corrected chi connectivity index (χ3v) is 2.61. The van der Waals surface area contributed by atoms with E-state index in [1.54, 1.807) is 0 Å². The molecular formula is C9H19N2. The second-order valence-corrected chi connectivity index (χ2v) is 3.86. The van der Waals surface area contributed by atoms with Gasteiger partial charge in [-0.1, -0.05) is 13.8 Å². The molecule has 0 spiro atoms. The van der Waals surface area contributed by atoms with Gasteiger partial charge >= 0.3 is 0 Å². The minimum atomic E-state index is 0.164. The summed E-state index contributed by atoms with van der Waals surface area (Å²) >= 11 is 0. The highest BCUT2D eigenvalue weighted by molar-refractivity contribution is 4.79. The van der Waals surface area contributed by atoms with Crippen molar-refractivity contribution in [2.45, 2.75) is 32.7 Å². The molecule has 1 atom stereocenters. The summed E-state index contributed by atoms with van der Waals surface area (Å²) < 4.78 is 0. The predicted octanol–water partition coefficient (Wildman–Crippen LogP) is 1.29. The topological polar surface area (TPSA) is 35.8 Å². The molecule has 0 bridgehead atoms. The van der Waals surface area contributed by atoms with Crippen LogP contribution in [0.15, 0.2) is 0 Å². The van der Waals surface area contributed by atoms with Gasteiger partial charge in [-0.15, -0.1) is 0 Å². The molecule has 0 amide bonds. The van der Waals surface area contributed by atoms with E-state index in [2.05, 4.69) is 19.2 Å². The molecule has 1 fully saturated rings. The van der Waals surface area contributed by atoms with E-state index in [0.29, 0.717) is 11.8 Å². The maximum absolute atomic E-state index is 7.89. The van der Waals surface area contributed by atoms with Gasteiger partial charge in [0.15, 0.2) is 0 Å². The van der Waals surface area contributed by atoms with Gasteiger partial charge < -0.3 is 5.32 Å². The van der Waals surface area contributed by atoms with E-state index < -0.39 is 0 Å². The first kappa shape index (κ1) is 9.01. The molecule has 1 heterocycles. The Morgan fingerprint density at radius 1 is 1.27 bits per heavy atom. The summed E-state index contributed by atoms with van der Waals surface area (Å²) in [4.78, 5) is 0. The summed E-state index contributed by atoms with van der Waals surface area (Å²) in [5.74, 6) is 1.18. The Balaban J connectivity index is 2.32. The molecule has 1 rings (SSSR count). The third-order valence-electron chi connectivity index (χ3n) is 2.61. The summed E-state index contributed by atoms with van der Waals surface area (Å²) in [7, 11) is 0. The minimum absolute atomic E-state index is 0.164. The van der Waals surface area contributed by atoms with Crippen molar-refractivity contribution < 1.29 is 0 Å². The Morgan fingerprint density at radius 2 is 1.82 bits per heavy atom. The first-order valence-electron chi connectivity index (χ1n) is 4.63. The molecule has 0 aromatic rings. The summed E-state index contributed by atoms with van der Waals surface area (Å²) in [6.07, 6.45) is 2.40. The predicted molar refractivity (Wildman–Crippen MR) is 47.3 cm³/mol. The van der Waals surface area contributed by atoms with E-state index in [1.807, 2.05) is 0 Å². The van der Waals surface area contributed by atoms with Crippen LogP contribution >= 0.6 is 0 Å². The van der Waals surface area contributed by atoms with E-state index in [0.717, 1.165) is 13.1 Å². The average Bonchev–Trinajstić information content (AvgIpc) is 2.05. The lowest BCUT2D eigenvalue weighted by Gasteiger charge is -2.29. The van der Waals surface area contributed by atoms with Crippen molar-refractivity contribution in [1.29, 1.82) is 0 Å². The zero-order valence-corrected chi connectivity index (χ0v) is 7.56. The van der Waals surface area contributed by atoms with E-state index >= 15 is 0 Å². The van der Waals surface area contributed by atoms with Crippen molar-refractivity contribution in [3.63, 3.8) is 0 Å². The molecular weight excluding hydrogens is 136 g/mol. The van der Waals surface area contributed by atoms with E-state index in [1.165, 1.54) is 12.8 Å². The van der Waals surface area contributed by atoms with Crippen LogP contribution in [0.2, 0.25) is 0 Å². The lowest BCUT2D eigenvalue weighted by Crippen LogP contribution is -2.37. The van der Waals surface area contributed by atoms with E-state index in [-0.39, 0.29) is 6.04 Å². The SMILES string of the molecule is CC(C)C([NH])C1CCNCC1. The van der Waals surface area contributed by atoms with Crippen LogP contribution in [0.3, 0.4) is 0 Å². The van der Waals surface area contributed by atoms with Crippen LogP contribution < -0.4 is 11.1 Å². The van der Waals surface area contributed by atoms with Crippen LogP contribution in [0.5, 0.6) is 0 Å². The Hall–Kier alpha value is -0.0800. The number of rotatable bonds is 2. The van der Waals surface area contributed by atoms with Crippen molar-refractivity contribution in [2.75, 3.05) is 13.1 Å². The number of piperidine rings is 1. The fourth-order valence-electron chi connectivity index (χ4n) is 1.75. The summed E-state index contributed by atoms with van der Waals surface area (Å²) in [5, 5.41) is 3.33. The number of hydrogen-bond acceptors (Lipinski definition) is 1. The highest BCUT2D eigenvalue weighted by Crippen LogP contribution is 2.20. The standard InChI is InChI=1S/C9H19N2/c1-7(2)9(10)8-3-5-11-6-4-8/h7-11H,3-6H2,1-2H3. The van der Waals surface area contributed by atoms with Gasteiger partial charge in [-0.05, 0) is 37.8 Å². The smallest absolute Gasteiger partial charge is 0.0265 e. The second kappa shape index (κ2) is 4.07. The average molecular weight is 155 g/mol. The largest absolute Gasteiger partial charge is 0.317 e. The molecule has 1 aliphatic heterocycles. The maximum Gasteiger partial charge on any atom is 0.0265 e. The second-order valence-electron chi connectivity index (χ2n) is 3.86. The summed E-state index contributed by atoms with van der Waals surface area (Å²) in [5.41, 5.74) is 7.89. The molecule has 11 heavy (non-hydrogen) atoms. The van der Waals surface area contributed by atoms with Crippen LogP contribution in [-0.2, 0) is 0 Å². The molecule has 65 valence electrons. The van der Waals surface area contributed by atoms with Crippen molar-refractivity contribution in [3.05, 3.63) is 0 Å². The summed E-state index contributed by atoms with van der Waals surface area (Å²) in [6, 6.07) is 0.164. The molecule has 0 aromatic heterocycles. The summed E-state index contributed by atoms with van der Waals surface area (Å²) in [6.45, 7) is 6.54. The Labute approximate surface area is 69.5 Å². The molecule has 1 aliphatic rings. The molecule has 1 unspecified atom stereocenters. The van der Waals surface area contributed by atoms with E-state index in [9.17, 15) is 0 Å². The van der Waals surface area contributed by atoms with Crippen LogP contribution in [-0.4, -0.2) is 19.1 Å². The molecule has 1 saturated heterocycles. The zero-order valence-electron chi connectivity index (χ0n) is 7.56. The van der Waals surface area contributed by atoms with Crippen molar-refractivity contribution in [1.82, 2.24) is 11.1 Å². The third kappa shape index (κ3) is 2.46. The van der Waals surface area contributed by atoms with Gasteiger partial charge in [-0.25, -0.2) is 0 Å². The van der Waals surface area contributed by atoms with Gasteiger partial charge in [-0.3, -0.25) is 5.73 Å². The molecule has 1 radical (unpaired) electrons. The van der Waals surface area contributed by atoms with Crippen molar-refractivity contribution in [2.24, 2.45) is 11.8 Å². The van der Waals surface area contributed by atoms with Gasteiger partial charge in [0, 0.05) is 6.04 Å². The van der Waals surface area contributed by atoms with E-state index in [4.69, 9.17) is 5.73 Å². The molecule has 0 aliphatic carbocycles. The molecule has 2 nitrogen and oxygen atoms in total. The van der Waals surface area contributed by atoms with Crippen LogP contribution in [0.4, 0.5) is 0 Å². The molecule has 0 saturated carbocycles. The van der Waals surface area contributed by atoms with Gasteiger partial charge in [0.25, 0.3) is 0 Å². The monoisotopic (exact) mass is 155 g/mol. The lowest BCUT2D eigenvalue weighted by molar-refractivity contribution is 0.266. The first-order valence-corrected chi connectivity index (χ1v) is 4.63. The fraction of sp³-hybridized carbons (Fsp3) is 1.00. The highest BCUT2D eigenvalue weighted by Gasteiger charge is 2.22.